The summed E-state index contributed by atoms with van der Waals surface area (Å²) in [6.45, 7) is 2.75. The van der Waals surface area contributed by atoms with Gasteiger partial charge in [0.05, 0.1) is 19.3 Å². The molecular weight excluding hydrogens is 242 g/mol. The number of nitrogens with zero attached hydrogens (tertiary/aromatic N) is 3. The molecule has 0 aromatic carbocycles. The van der Waals surface area contributed by atoms with Crippen molar-refractivity contribution in [2.24, 2.45) is 0 Å². The van der Waals surface area contributed by atoms with Crippen molar-refractivity contribution in [2.45, 2.75) is 37.2 Å². The fraction of sp³-hybridized carbons (Fsp3) is 0.700. The van der Waals surface area contributed by atoms with Crippen LogP contribution in [-0.2, 0) is 16.6 Å². The van der Waals surface area contributed by atoms with Gasteiger partial charge in [-0.15, -0.1) is 0 Å². The van der Waals surface area contributed by atoms with Crippen molar-refractivity contribution in [3.63, 3.8) is 0 Å². The normalized spacial score (nSPS) is 22.1. The lowest BCUT2D eigenvalue weighted by Gasteiger charge is -2.19. The van der Waals surface area contributed by atoms with Crippen molar-refractivity contribution in [1.82, 2.24) is 14.1 Å². The summed E-state index contributed by atoms with van der Waals surface area (Å²) in [4.78, 5) is 0.208. The molecule has 0 aliphatic carbocycles. The monoisotopic (exact) mass is 259 g/mol. The van der Waals surface area contributed by atoms with Gasteiger partial charge in [0.2, 0.25) is 10.0 Å². The molecule has 2 rings (SSSR count). The van der Waals surface area contributed by atoms with Crippen molar-refractivity contribution in [3.05, 3.63) is 12.4 Å². The summed E-state index contributed by atoms with van der Waals surface area (Å²) < 4.78 is 27.5. The van der Waals surface area contributed by atoms with Gasteiger partial charge in [-0.2, -0.15) is 9.40 Å². The molecule has 1 fully saturated rings. The molecule has 1 aliphatic heterocycles. The number of aliphatic hydroxyl groups is 1. The van der Waals surface area contributed by atoms with E-state index in [9.17, 15) is 8.42 Å². The first-order valence-corrected chi connectivity index (χ1v) is 7.15. The molecule has 1 unspecified atom stereocenters. The van der Waals surface area contributed by atoms with Gasteiger partial charge in [0.25, 0.3) is 0 Å². The van der Waals surface area contributed by atoms with Crippen molar-refractivity contribution in [3.8, 4) is 0 Å². The molecule has 0 radical (unpaired) electrons. The SMILES string of the molecule is CC1CCCN1S(=O)(=O)c1cnn(CCO)c1. The maximum Gasteiger partial charge on any atom is 0.246 e. The van der Waals surface area contributed by atoms with E-state index in [0.29, 0.717) is 13.1 Å². The average Bonchev–Trinajstić information content (AvgIpc) is 2.87. The smallest absolute Gasteiger partial charge is 0.246 e. The molecule has 6 nitrogen and oxygen atoms in total. The van der Waals surface area contributed by atoms with E-state index in [1.54, 1.807) is 0 Å². The summed E-state index contributed by atoms with van der Waals surface area (Å²) in [7, 11) is -3.42. The Balaban J connectivity index is 2.24. The van der Waals surface area contributed by atoms with Crippen LogP contribution in [0.1, 0.15) is 19.8 Å². The summed E-state index contributed by atoms with van der Waals surface area (Å²) in [6, 6.07) is 0.0567. The van der Waals surface area contributed by atoms with Crippen LogP contribution < -0.4 is 0 Å². The molecule has 1 N–H and O–H groups in total. The number of hydrogen-bond acceptors (Lipinski definition) is 4. The topological polar surface area (TPSA) is 75.4 Å². The Morgan fingerprint density at radius 2 is 2.35 bits per heavy atom. The van der Waals surface area contributed by atoms with Crippen LogP contribution in [0.5, 0.6) is 0 Å². The van der Waals surface area contributed by atoms with E-state index in [0.717, 1.165) is 12.8 Å². The van der Waals surface area contributed by atoms with E-state index in [1.165, 1.54) is 21.4 Å². The lowest BCUT2D eigenvalue weighted by Crippen LogP contribution is -2.33. The number of aromatic nitrogens is 2. The maximum atomic E-state index is 12.3. The predicted octanol–water partition coefficient (Wildman–Crippen LogP) is 0.0484. The Morgan fingerprint density at radius 1 is 1.59 bits per heavy atom. The molecule has 1 saturated heterocycles. The summed E-state index contributed by atoms with van der Waals surface area (Å²) >= 11 is 0. The third-order valence-electron chi connectivity index (χ3n) is 3.04. The zero-order valence-electron chi connectivity index (χ0n) is 9.78. The van der Waals surface area contributed by atoms with Crippen LogP contribution in [0, 0.1) is 0 Å². The third kappa shape index (κ3) is 2.36. The molecule has 1 aromatic heterocycles. The Hall–Kier alpha value is -0.920. The molecule has 0 spiro atoms. The first-order valence-electron chi connectivity index (χ1n) is 5.71. The van der Waals surface area contributed by atoms with Crippen LogP contribution >= 0.6 is 0 Å². The van der Waals surface area contributed by atoms with Gasteiger partial charge in [0, 0.05) is 18.8 Å². The van der Waals surface area contributed by atoms with Crippen molar-refractivity contribution < 1.29 is 13.5 Å². The van der Waals surface area contributed by atoms with Crippen LogP contribution in [0.25, 0.3) is 0 Å². The lowest BCUT2D eigenvalue weighted by molar-refractivity contribution is 0.269. The molecule has 7 heteroatoms. The fourth-order valence-electron chi connectivity index (χ4n) is 2.10. The first-order chi connectivity index (χ1) is 8.05. The van der Waals surface area contributed by atoms with Crippen LogP contribution in [0.2, 0.25) is 0 Å². The zero-order chi connectivity index (χ0) is 12.5. The second kappa shape index (κ2) is 4.75. The Morgan fingerprint density at radius 3 is 2.94 bits per heavy atom. The number of sulfonamides is 1. The minimum atomic E-state index is -3.42. The molecule has 1 atom stereocenters. The second-order valence-electron chi connectivity index (χ2n) is 4.27. The molecule has 96 valence electrons. The summed E-state index contributed by atoms with van der Waals surface area (Å²) in [5.74, 6) is 0. The number of hydrogen-bond donors (Lipinski definition) is 1. The molecule has 1 aliphatic rings. The highest BCUT2D eigenvalue weighted by Gasteiger charge is 2.33. The van der Waals surface area contributed by atoms with Gasteiger partial charge < -0.3 is 5.11 Å². The molecule has 0 bridgehead atoms. The minimum Gasteiger partial charge on any atom is -0.394 e. The lowest BCUT2D eigenvalue weighted by atomic mass is 10.3. The molecular formula is C10H17N3O3S. The Bertz CT molecular complexity index is 483. The molecule has 2 heterocycles. The highest BCUT2D eigenvalue weighted by atomic mass is 32.2. The summed E-state index contributed by atoms with van der Waals surface area (Å²) in [5, 5.41) is 12.7. The maximum absolute atomic E-state index is 12.3. The summed E-state index contributed by atoms with van der Waals surface area (Å²) in [5.41, 5.74) is 0. The van der Waals surface area contributed by atoms with Gasteiger partial charge >= 0.3 is 0 Å². The quantitative estimate of drug-likeness (QED) is 0.829. The van der Waals surface area contributed by atoms with Gasteiger partial charge in [-0.05, 0) is 19.8 Å². The third-order valence-corrected chi connectivity index (χ3v) is 5.00. The van der Waals surface area contributed by atoms with E-state index in [-0.39, 0.29) is 17.5 Å². The van der Waals surface area contributed by atoms with Crippen molar-refractivity contribution in [2.75, 3.05) is 13.2 Å². The van der Waals surface area contributed by atoms with E-state index in [1.807, 2.05) is 6.92 Å². The van der Waals surface area contributed by atoms with Crippen molar-refractivity contribution in [1.29, 1.82) is 0 Å². The van der Waals surface area contributed by atoms with Gasteiger partial charge in [-0.1, -0.05) is 0 Å². The second-order valence-corrected chi connectivity index (χ2v) is 6.16. The first kappa shape index (κ1) is 12.5. The van der Waals surface area contributed by atoms with Gasteiger partial charge in [0.1, 0.15) is 4.90 Å². The van der Waals surface area contributed by atoms with Gasteiger partial charge in [-0.25, -0.2) is 8.42 Å². The van der Waals surface area contributed by atoms with Crippen LogP contribution in [0.4, 0.5) is 0 Å². The predicted molar refractivity (Wildman–Crippen MR) is 61.9 cm³/mol. The zero-order valence-corrected chi connectivity index (χ0v) is 10.6. The average molecular weight is 259 g/mol. The Labute approximate surface area is 101 Å². The number of rotatable bonds is 4. The Kier molecular flexibility index (Phi) is 3.50. The molecule has 1 aromatic rings. The van der Waals surface area contributed by atoms with E-state index in [2.05, 4.69) is 5.10 Å². The van der Waals surface area contributed by atoms with E-state index in [4.69, 9.17) is 5.11 Å². The van der Waals surface area contributed by atoms with Gasteiger partial charge in [0.15, 0.2) is 0 Å². The molecule has 0 saturated carbocycles. The minimum absolute atomic E-state index is 0.0543. The highest BCUT2D eigenvalue weighted by Crippen LogP contribution is 2.25. The summed E-state index contributed by atoms with van der Waals surface area (Å²) in [6.07, 6.45) is 4.63. The van der Waals surface area contributed by atoms with E-state index < -0.39 is 10.0 Å². The fourth-order valence-corrected chi connectivity index (χ4v) is 3.76. The highest BCUT2D eigenvalue weighted by molar-refractivity contribution is 7.89. The van der Waals surface area contributed by atoms with Crippen molar-refractivity contribution >= 4 is 10.0 Å². The largest absolute Gasteiger partial charge is 0.394 e. The van der Waals surface area contributed by atoms with E-state index >= 15 is 0 Å². The molecule has 0 amide bonds. The van der Waals surface area contributed by atoms with Gasteiger partial charge in [-0.3, -0.25) is 4.68 Å². The van der Waals surface area contributed by atoms with Crippen LogP contribution in [0.15, 0.2) is 17.3 Å². The van der Waals surface area contributed by atoms with Crippen LogP contribution in [0.3, 0.4) is 0 Å². The van der Waals surface area contributed by atoms with Crippen LogP contribution in [-0.4, -0.2) is 46.8 Å². The number of aliphatic hydroxyl groups excluding tert-OH is 1. The standard InChI is InChI=1S/C10H17N3O3S/c1-9-3-2-4-13(9)17(15,16)10-7-11-12(8-10)5-6-14/h7-9,14H,2-6H2,1H3. The molecule has 17 heavy (non-hydrogen) atoms.